The molecule has 9 nitrogen and oxygen atoms in total. The smallest absolute Gasteiger partial charge is 0.347 e. The van der Waals surface area contributed by atoms with Crippen LogP contribution in [0, 0.1) is 0 Å². The zero-order valence-electron chi connectivity index (χ0n) is 18.6. The molecule has 3 heterocycles. The molecule has 1 aliphatic rings. The average Bonchev–Trinajstić information content (AvgIpc) is 3.55. The molecular formula is C23H24BrN5O4S. The number of likely N-dealkylation sites (tertiary alicyclic amines) is 1. The molecule has 34 heavy (non-hydrogen) atoms. The van der Waals surface area contributed by atoms with Crippen molar-refractivity contribution in [3.8, 4) is 11.3 Å². The van der Waals surface area contributed by atoms with Crippen LogP contribution >= 0.6 is 27.3 Å². The largest absolute Gasteiger partial charge is 0.463 e. The van der Waals surface area contributed by atoms with Crippen molar-refractivity contribution < 1.29 is 19.2 Å². The van der Waals surface area contributed by atoms with Gasteiger partial charge in [-0.15, -0.1) is 11.3 Å². The highest BCUT2D eigenvalue weighted by Gasteiger charge is 2.29. The Kier molecular flexibility index (Phi) is 8.07. The fourth-order valence-electron chi connectivity index (χ4n) is 3.68. The molecule has 3 aromatic rings. The monoisotopic (exact) mass is 545 g/mol. The van der Waals surface area contributed by atoms with Gasteiger partial charge in [-0.1, -0.05) is 33.2 Å². The molecule has 4 rings (SSSR count). The number of esters is 1. The Morgan fingerprint density at radius 1 is 1.29 bits per heavy atom. The Hall–Kier alpha value is -3.05. The lowest BCUT2D eigenvalue weighted by atomic mass is 9.97. The van der Waals surface area contributed by atoms with Gasteiger partial charge >= 0.3 is 5.97 Å². The Morgan fingerprint density at radius 2 is 2.12 bits per heavy atom. The van der Waals surface area contributed by atoms with Crippen molar-refractivity contribution >= 4 is 44.9 Å². The maximum absolute atomic E-state index is 13.2. The molecule has 0 aliphatic carbocycles. The van der Waals surface area contributed by atoms with E-state index in [9.17, 15) is 9.59 Å². The molecule has 0 spiro atoms. The number of thiazole rings is 1. The van der Waals surface area contributed by atoms with Crippen LogP contribution < -0.4 is 0 Å². The number of rotatable bonds is 8. The van der Waals surface area contributed by atoms with Crippen molar-refractivity contribution in [2.24, 2.45) is 5.16 Å². The number of hydrogen-bond acceptors (Lipinski definition) is 8. The van der Waals surface area contributed by atoms with Crippen molar-refractivity contribution in [1.82, 2.24) is 20.1 Å². The van der Waals surface area contributed by atoms with Crippen LogP contribution in [0.3, 0.4) is 0 Å². The van der Waals surface area contributed by atoms with Gasteiger partial charge in [0, 0.05) is 40.6 Å². The van der Waals surface area contributed by atoms with Gasteiger partial charge in [-0.25, -0.2) is 9.78 Å². The topological polar surface area (TPSA) is 110 Å². The summed E-state index contributed by atoms with van der Waals surface area (Å²) in [5.74, 6) is -0.530. The van der Waals surface area contributed by atoms with E-state index in [2.05, 4.69) is 42.7 Å². The molecular weight excluding hydrogens is 522 g/mol. The summed E-state index contributed by atoms with van der Waals surface area (Å²) in [4.78, 5) is 36.4. The Bertz CT molecular complexity index is 1160. The Morgan fingerprint density at radius 3 is 2.82 bits per heavy atom. The summed E-state index contributed by atoms with van der Waals surface area (Å²) >= 11 is 5.17. The third-order valence-corrected chi connectivity index (χ3v) is 6.88. The number of carbonyl (C=O) groups excluding carboxylic acids is 2. The third kappa shape index (κ3) is 5.89. The van der Waals surface area contributed by atoms with E-state index in [0.29, 0.717) is 24.7 Å². The number of piperidine rings is 1. The van der Waals surface area contributed by atoms with E-state index in [1.54, 1.807) is 29.2 Å². The molecule has 1 aliphatic heterocycles. The lowest BCUT2D eigenvalue weighted by Crippen LogP contribution is -2.42. The van der Waals surface area contributed by atoms with Crippen LogP contribution in [0.25, 0.3) is 11.3 Å². The number of nitrogens with one attached hydrogen (secondary N) is 1. The standard InChI is InChI=1S/C23H24BrN5O4S/c1-2-32-20(30)13-33-28-21(18-6-9-25-27-18)23(31)29-10-7-15(8-11-29)22-26-19(14-34-22)16-4-3-5-17(24)12-16/h3-6,9,12,14-15H,2,7-8,10-11,13H2,1H3,(H,25,27). The lowest BCUT2D eigenvalue weighted by molar-refractivity contribution is -0.148. The highest BCUT2D eigenvalue weighted by atomic mass is 79.9. The van der Waals surface area contributed by atoms with Gasteiger partial charge in [-0.3, -0.25) is 9.89 Å². The van der Waals surface area contributed by atoms with Crippen LogP contribution in [0.15, 0.2) is 51.5 Å². The third-order valence-electron chi connectivity index (χ3n) is 5.38. The fraction of sp³-hybridized carbons (Fsp3) is 0.348. The van der Waals surface area contributed by atoms with Gasteiger partial charge in [0.15, 0.2) is 5.71 Å². The molecule has 0 saturated carbocycles. The summed E-state index contributed by atoms with van der Waals surface area (Å²) in [6.45, 7) is 2.72. The Balaban J connectivity index is 1.39. The van der Waals surface area contributed by atoms with Crippen molar-refractivity contribution in [3.63, 3.8) is 0 Å². The maximum Gasteiger partial charge on any atom is 0.347 e. The minimum Gasteiger partial charge on any atom is -0.463 e. The van der Waals surface area contributed by atoms with Crippen molar-refractivity contribution in [3.05, 3.63) is 57.1 Å². The van der Waals surface area contributed by atoms with Gasteiger partial charge in [0.1, 0.15) is 0 Å². The predicted molar refractivity (Wildman–Crippen MR) is 132 cm³/mol. The van der Waals surface area contributed by atoms with E-state index in [1.807, 2.05) is 18.2 Å². The summed E-state index contributed by atoms with van der Waals surface area (Å²) in [5, 5.41) is 13.7. The molecule has 0 bridgehead atoms. The van der Waals surface area contributed by atoms with Gasteiger partial charge in [-0.2, -0.15) is 5.10 Å². The Labute approximate surface area is 209 Å². The van der Waals surface area contributed by atoms with Gasteiger partial charge in [0.2, 0.25) is 6.61 Å². The van der Waals surface area contributed by atoms with Gasteiger partial charge in [0.25, 0.3) is 5.91 Å². The van der Waals surface area contributed by atoms with E-state index in [1.165, 1.54) is 6.20 Å². The highest BCUT2D eigenvalue weighted by molar-refractivity contribution is 9.10. The van der Waals surface area contributed by atoms with Crippen LogP contribution in [-0.4, -0.2) is 64.0 Å². The first-order valence-corrected chi connectivity index (χ1v) is 12.6. The van der Waals surface area contributed by atoms with Crippen LogP contribution in [0.2, 0.25) is 0 Å². The maximum atomic E-state index is 13.2. The molecule has 0 atom stereocenters. The molecule has 1 N–H and O–H groups in total. The number of halogens is 1. The van der Waals surface area contributed by atoms with Gasteiger partial charge < -0.3 is 14.5 Å². The van der Waals surface area contributed by atoms with Gasteiger partial charge in [-0.05, 0) is 38.0 Å². The number of aromatic nitrogens is 3. The lowest BCUT2D eigenvalue weighted by Gasteiger charge is -2.31. The minimum absolute atomic E-state index is 0.0754. The SMILES string of the molecule is CCOC(=O)CON=C(C(=O)N1CCC(c2nc(-c3cccc(Br)c3)cs2)CC1)c1ccn[nH]1. The first-order valence-electron chi connectivity index (χ1n) is 10.9. The number of nitrogens with zero attached hydrogens (tertiary/aromatic N) is 4. The second-order valence-corrected chi connectivity index (χ2v) is 9.44. The fourth-order valence-corrected chi connectivity index (χ4v) is 5.08. The predicted octanol–water partition coefficient (Wildman–Crippen LogP) is 3.99. The summed E-state index contributed by atoms with van der Waals surface area (Å²) in [7, 11) is 0. The molecule has 1 aromatic carbocycles. The number of ether oxygens (including phenoxy) is 1. The second-order valence-electron chi connectivity index (χ2n) is 7.64. The zero-order valence-corrected chi connectivity index (χ0v) is 21.0. The summed E-state index contributed by atoms with van der Waals surface area (Å²) in [5.41, 5.74) is 2.54. The number of aromatic amines is 1. The van der Waals surface area contributed by atoms with E-state index in [-0.39, 0.29) is 24.8 Å². The molecule has 0 unspecified atom stereocenters. The normalized spacial score (nSPS) is 14.8. The van der Waals surface area contributed by atoms with E-state index < -0.39 is 5.97 Å². The highest BCUT2D eigenvalue weighted by Crippen LogP contribution is 2.33. The van der Waals surface area contributed by atoms with Crippen molar-refractivity contribution in [2.75, 3.05) is 26.3 Å². The number of H-pyrrole nitrogens is 1. The van der Waals surface area contributed by atoms with Crippen LogP contribution in [0.4, 0.5) is 0 Å². The molecule has 178 valence electrons. The van der Waals surface area contributed by atoms with Crippen LogP contribution in [0.5, 0.6) is 0 Å². The number of amides is 1. The molecule has 1 fully saturated rings. The quantitative estimate of drug-likeness (QED) is 0.260. The van der Waals surface area contributed by atoms with Gasteiger partial charge in [0.05, 0.1) is 23.0 Å². The first kappa shape index (κ1) is 24.1. The summed E-state index contributed by atoms with van der Waals surface area (Å²) < 4.78 is 5.85. The molecule has 1 saturated heterocycles. The van der Waals surface area contributed by atoms with E-state index in [4.69, 9.17) is 14.6 Å². The zero-order chi connectivity index (χ0) is 23.9. The molecule has 1 amide bonds. The van der Waals surface area contributed by atoms with Crippen molar-refractivity contribution in [1.29, 1.82) is 0 Å². The first-order chi connectivity index (χ1) is 16.5. The van der Waals surface area contributed by atoms with Crippen LogP contribution in [-0.2, 0) is 19.2 Å². The van der Waals surface area contributed by atoms with E-state index >= 15 is 0 Å². The number of hydrogen-bond donors (Lipinski definition) is 1. The van der Waals surface area contributed by atoms with Crippen LogP contribution in [0.1, 0.15) is 36.4 Å². The molecule has 11 heteroatoms. The van der Waals surface area contributed by atoms with Crippen molar-refractivity contribution in [2.45, 2.75) is 25.7 Å². The average molecular weight is 546 g/mol. The number of carbonyl (C=O) groups is 2. The second kappa shape index (κ2) is 11.4. The minimum atomic E-state index is -0.547. The molecule has 0 radical (unpaired) electrons. The summed E-state index contributed by atoms with van der Waals surface area (Å²) in [6, 6.07) is 9.73. The molecule has 2 aromatic heterocycles. The summed E-state index contributed by atoms with van der Waals surface area (Å²) in [6.07, 6.45) is 3.13. The number of benzene rings is 1. The number of oxime groups is 1. The van der Waals surface area contributed by atoms with E-state index in [0.717, 1.165) is 33.6 Å².